The highest BCUT2D eigenvalue weighted by Crippen LogP contribution is 2.18. The first kappa shape index (κ1) is 16.0. The molecule has 2 aromatic heterocycles. The van der Waals surface area contributed by atoms with Crippen LogP contribution in [0.25, 0.3) is 0 Å². The van der Waals surface area contributed by atoms with Crippen molar-refractivity contribution in [1.82, 2.24) is 15.0 Å². The number of anilines is 2. The molecule has 2 N–H and O–H groups in total. The fraction of sp³-hybridized carbons (Fsp3) is 0.438. The molecule has 0 aromatic carbocycles. The zero-order valence-electron chi connectivity index (χ0n) is 13.2. The zero-order chi connectivity index (χ0) is 15.8. The molecule has 0 fully saturated rings. The molecular formula is C16H23N5O. The standard InChI is InChI=1S/C16H23N5O/c1-3-10-21(4-2)15-12-14(17)19-16(20-15)22-11-8-13-7-5-6-9-18-13/h5-7,9,12H,3-4,8,10-11H2,1-2H3,(H2,17,19,20). The van der Waals surface area contributed by atoms with E-state index in [1.165, 1.54) is 0 Å². The Balaban J connectivity index is 2.00. The molecule has 6 nitrogen and oxygen atoms in total. The van der Waals surface area contributed by atoms with E-state index >= 15 is 0 Å². The van der Waals surface area contributed by atoms with Crippen LogP contribution in [0.15, 0.2) is 30.5 Å². The summed E-state index contributed by atoms with van der Waals surface area (Å²) in [5.74, 6) is 1.23. The fourth-order valence-corrected chi connectivity index (χ4v) is 2.15. The molecule has 0 amide bonds. The Morgan fingerprint density at radius 1 is 1.23 bits per heavy atom. The third-order valence-electron chi connectivity index (χ3n) is 3.23. The molecule has 0 aliphatic rings. The van der Waals surface area contributed by atoms with Crippen molar-refractivity contribution in [2.24, 2.45) is 0 Å². The first-order chi connectivity index (χ1) is 10.7. The van der Waals surface area contributed by atoms with Gasteiger partial charge in [-0.2, -0.15) is 9.97 Å². The fourth-order valence-electron chi connectivity index (χ4n) is 2.15. The van der Waals surface area contributed by atoms with Gasteiger partial charge in [0.1, 0.15) is 11.6 Å². The van der Waals surface area contributed by atoms with Crippen LogP contribution in [0.2, 0.25) is 0 Å². The highest BCUT2D eigenvalue weighted by Gasteiger charge is 2.09. The van der Waals surface area contributed by atoms with Crippen LogP contribution in [-0.2, 0) is 6.42 Å². The molecule has 0 saturated heterocycles. The molecule has 0 atom stereocenters. The van der Waals surface area contributed by atoms with Crippen molar-refractivity contribution in [3.63, 3.8) is 0 Å². The lowest BCUT2D eigenvalue weighted by molar-refractivity contribution is 0.295. The molecule has 0 saturated carbocycles. The highest BCUT2D eigenvalue weighted by molar-refractivity contribution is 5.47. The molecule has 2 aromatic rings. The predicted molar refractivity (Wildman–Crippen MR) is 88.1 cm³/mol. The van der Waals surface area contributed by atoms with Crippen LogP contribution in [0.1, 0.15) is 26.0 Å². The Kier molecular flexibility index (Phi) is 5.94. The first-order valence-corrected chi connectivity index (χ1v) is 7.65. The smallest absolute Gasteiger partial charge is 0.320 e. The minimum Gasteiger partial charge on any atom is -0.463 e. The van der Waals surface area contributed by atoms with Crippen molar-refractivity contribution in [3.8, 4) is 6.01 Å². The molecule has 22 heavy (non-hydrogen) atoms. The van der Waals surface area contributed by atoms with E-state index in [4.69, 9.17) is 10.5 Å². The number of nitrogen functional groups attached to an aromatic ring is 1. The van der Waals surface area contributed by atoms with Crippen LogP contribution in [0.4, 0.5) is 11.6 Å². The summed E-state index contributed by atoms with van der Waals surface area (Å²) >= 11 is 0. The molecule has 6 heteroatoms. The summed E-state index contributed by atoms with van der Waals surface area (Å²) in [5, 5.41) is 0. The summed E-state index contributed by atoms with van der Waals surface area (Å²) in [7, 11) is 0. The number of ether oxygens (including phenoxy) is 1. The number of pyridine rings is 1. The normalized spacial score (nSPS) is 10.5. The van der Waals surface area contributed by atoms with Gasteiger partial charge in [0.15, 0.2) is 0 Å². The molecule has 2 rings (SSSR count). The minimum absolute atomic E-state index is 0.320. The Hall–Kier alpha value is -2.37. The number of hydrogen-bond donors (Lipinski definition) is 1. The van der Waals surface area contributed by atoms with Gasteiger partial charge in [-0.1, -0.05) is 13.0 Å². The number of rotatable bonds is 8. The Bertz CT molecular complexity index is 576. The van der Waals surface area contributed by atoms with E-state index in [9.17, 15) is 0 Å². The summed E-state index contributed by atoms with van der Waals surface area (Å²) in [6.07, 6.45) is 3.53. The van der Waals surface area contributed by atoms with E-state index in [1.54, 1.807) is 12.3 Å². The van der Waals surface area contributed by atoms with Crippen LogP contribution in [-0.4, -0.2) is 34.6 Å². The maximum absolute atomic E-state index is 5.86. The van der Waals surface area contributed by atoms with Crippen molar-refractivity contribution >= 4 is 11.6 Å². The summed E-state index contributed by atoms with van der Waals surface area (Å²) in [5.41, 5.74) is 6.84. The Morgan fingerprint density at radius 3 is 2.77 bits per heavy atom. The van der Waals surface area contributed by atoms with Crippen molar-refractivity contribution in [1.29, 1.82) is 0 Å². The maximum atomic E-state index is 5.86. The van der Waals surface area contributed by atoms with Crippen molar-refractivity contribution in [3.05, 3.63) is 36.2 Å². The number of nitrogens with two attached hydrogens (primary N) is 1. The summed E-state index contributed by atoms with van der Waals surface area (Å²) in [6, 6.07) is 7.92. The Morgan fingerprint density at radius 2 is 2.09 bits per heavy atom. The van der Waals surface area contributed by atoms with E-state index < -0.39 is 0 Å². The SMILES string of the molecule is CCCN(CC)c1cc(N)nc(OCCc2ccccn2)n1. The number of hydrogen-bond acceptors (Lipinski definition) is 6. The van der Waals surface area contributed by atoms with E-state index in [1.807, 2.05) is 18.2 Å². The lowest BCUT2D eigenvalue weighted by atomic mass is 10.3. The highest BCUT2D eigenvalue weighted by atomic mass is 16.5. The second-order valence-electron chi connectivity index (χ2n) is 4.93. The molecule has 0 bridgehead atoms. The summed E-state index contributed by atoms with van der Waals surface area (Å²) < 4.78 is 5.64. The van der Waals surface area contributed by atoms with Crippen LogP contribution < -0.4 is 15.4 Å². The van der Waals surface area contributed by atoms with Gasteiger partial charge in [0, 0.05) is 37.5 Å². The lowest BCUT2D eigenvalue weighted by Gasteiger charge is -2.21. The summed E-state index contributed by atoms with van der Waals surface area (Å²) in [6.45, 7) is 6.50. The van der Waals surface area contributed by atoms with Crippen molar-refractivity contribution in [2.45, 2.75) is 26.7 Å². The Labute approximate surface area is 131 Å². The number of aromatic nitrogens is 3. The van der Waals surface area contributed by atoms with E-state index in [0.29, 0.717) is 24.9 Å². The summed E-state index contributed by atoms with van der Waals surface area (Å²) in [4.78, 5) is 15.0. The molecule has 0 radical (unpaired) electrons. The van der Waals surface area contributed by atoms with Gasteiger partial charge in [0.05, 0.1) is 6.61 Å². The van der Waals surface area contributed by atoms with Gasteiger partial charge in [-0.25, -0.2) is 0 Å². The van der Waals surface area contributed by atoms with Crippen molar-refractivity contribution in [2.75, 3.05) is 30.3 Å². The van der Waals surface area contributed by atoms with Gasteiger partial charge in [-0.3, -0.25) is 4.98 Å². The van der Waals surface area contributed by atoms with Crippen LogP contribution in [0, 0.1) is 0 Å². The predicted octanol–water partition coefficient (Wildman–Crippen LogP) is 2.31. The zero-order valence-corrected chi connectivity index (χ0v) is 13.2. The number of nitrogens with zero attached hydrogens (tertiary/aromatic N) is 4. The largest absolute Gasteiger partial charge is 0.463 e. The lowest BCUT2D eigenvalue weighted by Crippen LogP contribution is -2.25. The average molecular weight is 301 g/mol. The monoisotopic (exact) mass is 301 g/mol. The minimum atomic E-state index is 0.320. The van der Waals surface area contributed by atoms with Gasteiger partial charge >= 0.3 is 6.01 Å². The van der Waals surface area contributed by atoms with Crippen LogP contribution in [0.5, 0.6) is 6.01 Å². The molecular weight excluding hydrogens is 278 g/mol. The van der Waals surface area contributed by atoms with Gasteiger partial charge < -0.3 is 15.4 Å². The van der Waals surface area contributed by atoms with E-state index in [0.717, 1.165) is 31.0 Å². The molecule has 0 spiro atoms. The average Bonchev–Trinajstić information content (AvgIpc) is 2.53. The quantitative estimate of drug-likeness (QED) is 0.806. The first-order valence-electron chi connectivity index (χ1n) is 7.65. The van der Waals surface area contributed by atoms with E-state index in [2.05, 4.69) is 33.7 Å². The van der Waals surface area contributed by atoms with Gasteiger partial charge in [0.25, 0.3) is 0 Å². The third-order valence-corrected chi connectivity index (χ3v) is 3.23. The molecule has 0 unspecified atom stereocenters. The maximum Gasteiger partial charge on any atom is 0.320 e. The molecule has 118 valence electrons. The molecule has 0 aliphatic heterocycles. The second kappa shape index (κ2) is 8.17. The van der Waals surface area contributed by atoms with Gasteiger partial charge in [0.2, 0.25) is 0 Å². The van der Waals surface area contributed by atoms with Gasteiger partial charge in [-0.05, 0) is 25.5 Å². The molecule has 2 heterocycles. The molecule has 0 aliphatic carbocycles. The topological polar surface area (TPSA) is 77.2 Å². The van der Waals surface area contributed by atoms with Crippen LogP contribution in [0.3, 0.4) is 0 Å². The van der Waals surface area contributed by atoms with Gasteiger partial charge in [-0.15, -0.1) is 0 Å². The third kappa shape index (κ3) is 4.58. The van der Waals surface area contributed by atoms with Crippen molar-refractivity contribution < 1.29 is 4.74 Å². The van der Waals surface area contributed by atoms with Crippen LogP contribution >= 0.6 is 0 Å². The van der Waals surface area contributed by atoms with E-state index in [-0.39, 0.29) is 0 Å². The second-order valence-corrected chi connectivity index (χ2v) is 4.93.